The number of ether oxygens (including phenoxy) is 1. The van der Waals surface area contributed by atoms with Crippen molar-refractivity contribution in [3.8, 4) is 6.07 Å². The Morgan fingerprint density at radius 3 is 2.52 bits per heavy atom. The fourth-order valence-corrected chi connectivity index (χ4v) is 1.61. The van der Waals surface area contributed by atoms with E-state index in [1.165, 1.54) is 13.0 Å². The Morgan fingerprint density at radius 1 is 1.48 bits per heavy atom. The minimum atomic E-state index is -5.15. The topological polar surface area (TPSA) is 63.0 Å². The zero-order valence-electron chi connectivity index (χ0n) is 10.7. The standard InChI is InChI=1S/C12H9F5N2O2/c1-2-21-8(20)4-7-3-6(5-18)9(12(15,16)17)10(19-7)11(13)14/h3,11H,2,4H2,1H3. The van der Waals surface area contributed by atoms with E-state index in [-0.39, 0.29) is 12.3 Å². The van der Waals surface area contributed by atoms with Crippen LogP contribution in [0, 0.1) is 11.3 Å². The number of hydrogen-bond donors (Lipinski definition) is 0. The number of rotatable bonds is 4. The van der Waals surface area contributed by atoms with E-state index < -0.39 is 41.8 Å². The van der Waals surface area contributed by atoms with E-state index in [4.69, 9.17) is 5.26 Å². The molecule has 0 aliphatic carbocycles. The van der Waals surface area contributed by atoms with Gasteiger partial charge in [-0.15, -0.1) is 0 Å². The number of carbonyl (C=O) groups excluding carboxylic acids is 1. The molecule has 4 nitrogen and oxygen atoms in total. The van der Waals surface area contributed by atoms with Gasteiger partial charge in [-0.1, -0.05) is 0 Å². The fourth-order valence-electron chi connectivity index (χ4n) is 1.61. The Kier molecular flexibility index (Phi) is 5.18. The number of nitrogens with zero attached hydrogens (tertiary/aromatic N) is 2. The van der Waals surface area contributed by atoms with E-state index in [0.717, 1.165) is 0 Å². The van der Waals surface area contributed by atoms with Gasteiger partial charge in [0.15, 0.2) is 0 Å². The Balaban J connectivity index is 3.38. The summed E-state index contributed by atoms with van der Waals surface area (Å²) in [6.07, 6.45) is -9.27. The molecule has 1 aromatic heterocycles. The number of pyridine rings is 1. The Bertz CT molecular complexity index is 578. The molecular weight excluding hydrogens is 299 g/mol. The lowest BCUT2D eigenvalue weighted by Gasteiger charge is -2.14. The van der Waals surface area contributed by atoms with E-state index in [0.29, 0.717) is 6.07 Å². The first-order valence-corrected chi connectivity index (χ1v) is 5.65. The molecule has 1 rings (SSSR count). The summed E-state index contributed by atoms with van der Waals surface area (Å²) in [6, 6.07) is 1.86. The summed E-state index contributed by atoms with van der Waals surface area (Å²) in [5.74, 6) is -0.839. The van der Waals surface area contributed by atoms with Crippen molar-refractivity contribution >= 4 is 5.97 Å². The van der Waals surface area contributed by atoms with Gasteiger partial charge in [-0.25, -0.2) is 8.78 Å². The molecule has 0 fully saturated rings. The van der Waals surface area contributed by atoms with Gasteiger partial charge in [0.2, 0.25) is 0 Å². The van der Waals surface area contributed by atoms with Gasteiger partial charge >= 0.3 is 12.1 Å². The van der Waals surface area contributed by atoms with Crippen LogP contribution in [0.3, 0.4) is 0 Å². The second-order valence-electron chi connectivity index (χ2n) is 3.81. The van der Waals surface area contributed by atoms with Gasteiger partial charge < -0.3 is 4.74 Å². The lowest BCUT2D eigenvalue weighted by molar-refractivity contribution is -0.142. The van der Waals surface area contributed by atoms with Crippen LogP contribution in [-0.4, -0.2) is 17.6 Å². The number of hydrogen-bond acceptors (Lipinski definition) is 4. The van der Waals surface area contributed by atoms with Crippen molar-refractivity contribution < 1.29 is 31.5 Å². The van der Waals surface area contributed by atoms with Crippen LogP contribution in [0.25, 0.3) is 0 Å². The van der Waals surface area contributed by atoms with Crippen molar-refractivity contribution in [2.45, 2.75) is 25.9 Å². The van der Waals surface area contributed by atoms with Crippen molar-refractivity contribution in [3.05, 3.63) is 28.6 Å². The molecule has 0 aliphatic heterocycles. The molecule has 0 atom stereocenters. The van der Waals surface area contributed by atoms with Gasteiger partial charge in [-0.05, 0) is 13.0 Å². The van der Waals surface area contributed by atoms with E-state index in [9.17, 15) is 26.7 Å². The molecule has 0 unspecified atom stereocenters. The number of halogens is 5. The second kappa shape index (κ2) is 6.47. The molecule has 0 spiro atoms. The van der Waals surface area contributed by atoms with E-state index in [2.05, 4.69) is 9.72 Å². The third kappa shape index (κ3) is 4.11. The smallest absolute Gasteiger partial charge is 0.419 e. The summed E-state index contributed by atoms with van der Waals surface area (Å²) < 4.78 is 68.3. The second-order valence-corrected chi connectivity index (χ2v) is 3.81. The summed E-state index contributed by atoms with van der Waals surface area (Å²) in [5.41, 5.74) is -4.74. The molecule has 0 bridgehead atoms. The maximum atomic E-state index is 12.8. The minimum absolute atomic E-state index is 0.0201. The average Bonchev–Trinajstić information content (AvgIpc) is 2.36. The minimum Gasteiger partial charge on any atom is -0.466 e. The van der Waals surface area contributed by atoms with Crippen LogP contribution in [-0.2, 0) is 22.1 Å². The van der Waals surface area contributed by atoms with Crippen molar-refractivity contribution in [1.29, 1.82) is 5.26 Å². The summed E-state index contributed by atoms with van der Waals surface area (Å²) in [4.78, 5) is 14.4. The number of carbonyl (C=O) groups is 1. The van der Waals surface area contributed by atoms with Crippen LogP contribution in [0.5, 0.6) is 0 Å². The number of esters is 1. The number of aromatic nitrogens is 1. The predicted octanol–water partition coefficient (Wildman–Crippen LogP) is 3.02. The molecule has 0 radical (unpaired) electrons. The molecule has 0 amide bonds. The van der Waals surface area contributed by atoms with Gasteiger partial charge in [0.1, 0.15) is 11.3 Å². The SMILES string of the molecule is CCOC(=O)Cc1cc(C#N)c(C(F)(F)F)c(C(F)F)n1. The van der Waals surface area contributed by atoms with Crippen LogP contribution in [0.2, 0.25) is 0 Å². The van der Waals surface area contributed by atoms with Crippen LogP contribution in [0.15, 0.2) is 6.07 Å². The maximum Gasteiger partial charge on any atom is 0.419 e. The molecule has 0 aliphatic rings. The Morgan fingerprint density at radius 2 is 2.10 bits per heavy atom. The van der Waals surface area contributed by atoms with E-state index >= 15 is 0 Å². The maximum absolute atomic E-state index is 12.8. The molecular formula is C12H9F5N2O2. The summed E-state index contributed by atoms with van der Waals surface area (Å²) in [6.45, 7) is 1.52. The van der Waals surface area contributed by atoms with Crippen LogP contribution in [0.1, 0.15) is 35.9 Å². The molecule has 0 saturated heterocycles. The highest BCUT2D eigenvalue weighted by molar-refractivity contribution is 5.72. The van der Waals surface area contributed by atoms with Crippen LogP contribution in [0.4, 0.5) is 22.0 Å². The largest absolute Gasteiger partial charge is 0.466 e. The zero-order chi connectivity index (χ0) is 16.2. The van der Waals surface area contributed by atoms with Gasteiger partial charge in [0, 0.05) is 0 Å². The van der Waals surface area contributed by atoms with Gasteiger partial charge in [-0.2, -0.15) is 18.4 Å². The van der Waals surface area contributed by atoms with Crippen LogP contribution < -0.4 is 0 Å². The number of alkyl halides is 5. The van der Waals surface area contributed by atoms with E-state index in [1.807, 2.05) is 0 Å². The lowest BCUT2D eigenvalue weighted by atomic mass is 10.0. The highest BCUT2D eigenvalue weighted by Crippen LogP contribution is 2.37. The van der Waals surface area contributed by atoms with Gasteiger partial charge in [-0.3, -0.25) is 9.78 Å². The first-order valence-electron chi connectivity index (χ1n) is 5.65. The van der Waals surface area contributed by atoms with Crippen LogP contribution >= 0.6 is 0 Å². The summed E-state index contributed by atoms with van der Waals surface area (Å²) in [5, 5.41) is 8.71. The fraction of sp³-hybridized carbons (Fsp3) is 0.417. The lowest BCUT2D eigenvalue weighted by Crippen LogP contribution is -2.17. The van der Waals surface area contributed by atoms with Crippen molar-refractivity contribution in [1.82, 2.24) is 4.98 Å². The van der Waals surface area contributed by atoms with Crippen molar-refractivity contribution in [2.75, 3.05) is 6.61 Å². The molecule has 1 heterocycles. The Hall–Kier alpha value is -2.24. The van der Waals surface area contributed by atoms with Crippen molar-refractivity contribution in [2.24, 2.45) is 0 Å². The summed E-state index contributed by atoms with van der Waals surface area (Å²) >= 11 is 0. The molecule has 9 heteroatoms. The normalized spacial score (nSPS) is 11.3. The first kappa shape index (κ1) is 16.8. The summed E-state index contributed by atoms with van der Waals surface area (Å²) in [7, 11) is 0. The first-order chi connectivity index (χ1) is 9.70. The molecule has 1 aromatic rings. The van der Waals surface area contributed by atoms with Gasteiger partial charge in [0.05, 0.1) is 30.4 Å². The van der Waals surface area contributed by atoms with Crippen molar-refractivity contribution in [3.63, 3.8) is 0 Å². The highest BCUT2D eigenvalue weighted by atomic mass is 19.4. The third-order valence-electron chi connectivity index (χ3n) is 2.34. The monoisotopic (exact) mass is 308 g/mol. The Labute approximate surface area is 116 Å². The molecule has 0 saturated carbocycles. The van der Waals surface area contributed by atoms with E-state index in [1.54, 1.807) is 0 Å². The zero-order valence-corrected chi connectivity index (χ0v) is 10.7. The highest BCUT2D eigenvalue weighted by Gasteiger charge is 2.40. The average molecular weight is 308 g/mol. The molecule has 0 N–H and O–H groups in total. The molecule has 114 valence electrons. The van der Waals surface area contributed by atoms with Gasteiger partial charge in [0.25, 0.3) is 6.43 Å². The number of nitriles is 1. The predicted molar refractivity (Wildman–Crippen MR) is 59.2 cm³/mol. The molecule has 0 aromatic carbocycles. The quantitative estimate of drug-likeness (QED) is 0.633. The molecule has 21 heavy (non-hydrogen) atoms. The third-order valence-corrected chi connectivity index (χ3v) is 2.34.